The minimum atomic E-state index is -0.0272. The Morgan fingerprint density at radius 2 is 2.39 bits per heavy atom. The lowest BCUT2D eigenvalue weighted by molar-refractivity contribution is 0.0518. The van der Waals surface area contributed by atoms with Crippen molar-refractivity contribution in [3.63, 3.8) is 0 Å². The van der Waals surface area contributed by atoms with Crippen LogP contribution in [0.4, 0.5) is 0 Å². The van der Waals surface area contributed by atoms with Gasteiger partial charge in [0.25, 0.3) is 0 Å². The third-order valence-electron chi connectivity index (χ3n) is 3.44. The molecule has 2 rings (SSSR count). The van der Waals surface area contributed by atoms with Crippen LogP contribution < -0.4 is 5.32 Å². The van der Waals surface area contributed by atoms with Crippen molar-refractivity contribution in [1.82, 2.24) is 15.5 Å². The van der Waals surface area contributed by atoms with Gasteiger partial charge in [0.1, 0.15) is 6.10 Å². The average Bonchev–Trinajstić information content (AvgIpc) is 3.04. The Kier molecular flexibility index (Phi) is 5.13. The van der Waals surface area contributed by atoms with Gasteiger partial charge in [-0.15, -0.1) is 0 Å². The van der Waals surface area contributed by atoms with E-state index in [9.17, 15) is 0 Å². The first-order valence-electron chi connectivity index (χ1n) is 6.98. The number of aromatic nitrogens is 2. The molecule has 1 N–H and O–H groups in total. The highest BCUT2D eigenvalue weighted by Crippen LogP contribution is 2.19. The predicted octanol–water partition coefficient (Wildman–Crippen LogP) is 2.10. The van der Waals surface area contributed by atoms with Gasteiger partial charge in [0, 0.05) is 13.0 Å². The molecule has 0 bridgehead atoms. The lowest BCUT2D eigenvalue weighted by Gasteiger charge is -2.09. The van der Waals surface area contributed by atoms with Crippen LogP contribution in [0.3, 0.4) is 0 Å². The van der Waals surface area contributed by atoms with Crippen molar-refractivity contribution in [1.29, 1.82) is 0 Å². The Balaban J connectivity index is 1.84. The molecule has 0 radical (unpaired) electrons. The Morgan fingerprint density at radius 1 is 1.50 bits per heavy atom. The molecule has 2 heterocycles. The highest BCUT2D eigenvalue weighted by atomic mass is 16.5. The van der Waals surface area contributed by atoms with Crippen LogP contribution >= 0.6 is 0 Å². The second-order valence-corrected chi connectivity index (χ2v) is 4.80. The van der Waals surface area contributed by atoms with Gasteiger partial charge in [0.15, 0.2) is 0 Å². The van der Waals surface area contributed by atoms with E-state index in [-0.39, 0.29) is 6.10 Å². The molecule has 2 atom stereocenters. The third kappa shape index (κ3) is 3.53. The van der Waals surface area contributed by atoms with Gasteiger partial charge in [0.05, 0.1) is 0 Å². The average molecular weight is 253 g/mol. The summed E-state index contributed by atoms with van der Waals surface area (Å²) < 4.78 is 10.9. The fourth-order valence-electron chi connectivity index (χ4n) is 2.36. The Labute approximate surface area is 108 Å². The zero-order valence-electron chi connectivity index (χ0n) is 11.3. The second kappa shape index (κ2) is 6.85. The highest BCUT2D eigenvalue weighted by Gasteiger charge is 2.19. The van der Waals surface area contributed by atoms with Gasteiger partial charge in [-0.3, -0.25) is 0 Å². The molecule has 0 saturated carbocycles. The molecular weight excluding hydrogens is 230 g/mol. The fraction of sp³-hybridized carbons (Fsp3) is 0.846. The summed E-state index contributed by atoms with van der Waals surface area (Å²) in [5.41, 5.74) is 0. The van der Waals surface area contributed by atoms with Crippen LogP contribution in [0.25, 0.3) is 0 Å². The summed E-state index contributed by atoms with van der Waals surface area (Å²) in [6, 6.07) is 0. The molecule has 1 aliphatic rings. The summed E-state index contributed by atoms with van der Waals surface area (Å²) in [6.45, 7) is 6.99. The van der Waals surface area contributed by atoms with Crippen LogP contribution in [0.5, 0.6) is 0 Å². The molecule has 0 amide bonds. The Morgan fingerprint density at radius 3 is 3.06 bits per heavy atom. The number of rotatable bonds is 7. The minimum absolute atomic E-state index is 0.0272. The van der Waals surface area contributed by atoms with Crippen molar-refractivity contribution >= 4 is 0 Å². The molecule has 5 nitrogen and oxygen atoms in total. The predicted molar refractivity (Wildman–Crippen MR) is 68.3 cm³/mol. The first-order valence-corrected chi connectivity index (χ1v) is 6.98. The zero-order chi connectivity index (χ0) is 12.8. The van der Waals surface area contributed by atoms with Crippen LogP contribution in [0.1, 0.15) is 50.9 Å². The topological polar surface area (TPSA) is 60.2 Å². The van der Waals surface area contributed by atoms with Gasteiger partial charge in [-0.2, -0.15) is 4.98 Å². The van der Waals surface area contributed by atoms with Crippen molar-refractivity contribution in [3.05, 3.63) is 11.7 Å². The number of hydrogen-bond acceptors (Lipinski definition) is 5. The first-order chi connectivity index (χ1) is 8.83. The van der Waals surface area contributed by atoms with Gasteiger partial charge in [-0.1, -0.05) is 12.1 Å². The lowest BCUT2D eigenvalue weighted by atomic mass is 10.0. The fourth-order valence-corrected chi connectivity index (χ4v) is 2.36. The van der Waals surface area contributed by atoms with E-state index < -0.39 is 0 Å². The summed E-state index contributed by atoms with van der Waals surface area (Å²) >= 11 is 0. The number of nitrogens with one attached hydrogen (secondary N) is 1. The maximum atomic E-state index is 5.57. The maximum absolute atomic E-state index is 5.57. The van der Waals surface area contributed by atoms with E-state index in [2.05, 4.69) is 22.4 Å². The minimum Gasteiger partial charge on any atom is -0.370 e. The molecular formula is C13H23N3O2. The maximum Gasteiger partial charge on any atom is 0.226 e. The standard InChI is InChI=1S/C13H23N3O2/c1-3-11(17-4-2)13-15-12(18-16-13)6-5-10-7-8-14-9-10/h10-11,14H,3-9H2,1-2H3. The van der Waals surface area contributed by atoms with E-state index in [1.807, 2.05) is 6.92 Å². The summed E-state index contributed by atoms with van der Waals surface area (Å²) in [5, 5.41) is 7.40. The molecule has 1 aromatic rings. The first kappa shape index (κ1) is 13.5. The van der Waals surface area contributed by atoms with Crippen LogP contribution in [0.15, 0.2) is 4.52 Å². The van der Waals surface area contributed by atoms with Gasteiger partial charge < -0.3 is 14.6 Å². The Bertz CT molecular complexity index is 348. The Hall–Kier alpha value is -0.940. The third-order valence-corrected chi connectivity index (χ3v) is 3.44. The summed E-state index contributed by atoms with van der Waals surface area (Å²) in [5.74, 6) is 2.20. The molecule has 1 aliphatic heterocycles. The summed E-state index contributed by atoms with van der Waals surface area (Å²) in [6.07, 6.45) is 4.11. The molecule has 2 unspecified atom stereocenters. The van der Waals surface area contributed by atoms with Crippen LogP contribution in [0, 0.1) is 5.92 Å². The number of nitrogens with zero attached hydrogens (tertiary/aromatic N) is 2. The molecule has 1 saturated heterocycles. The number of hydrogen-bond donors (Lipinski definition) is 1. The number of aryl methyl sites for hydroxylation is 1. The molecule has 18 heavy (non-hydrogen) atoms. The second-order valence-electron chi connectivity index (χ2n) is 4.80. The van der Waals surface area contributed by atoms with E-state index >= 15 is 0 Å². The smallest absolute Gasteiger partial charge is 0.226 e. The largest absolute Gasteiger partial charge is 0.370 e. The molecule has 0 aliphatic carbocycles. The van der Waals surface area contributed by atoms with E-state index in [1.165, 1.54) is 6.42 Å². The molecule has 0 aromatic carbocycles. The molecule has 1 aromatic heterocycles. The SMILES string of the molecule is CCOC(CC)c1noc(CCC2CCNC2)n1. The van der Waals surface area contributed by atoms with Crippen molar-refractivity contribution < 1.29 is 9.26 Å². The quantitative estimate of drug-likeness (QED) is 0.806. The van der Waals surface area contributed by atoms with E-state index in [0.29, 0.717) is 12.4 Å². The molecule has 1 fully saturated rings. The van der Waals surface area contributed by atoms with E-state index in [0.717, 1.165) is 44.2 Å². The highest BCUT2D eigenvalue weighted by molar-refractivity contribution is 4.91. The van der Waals surface area contributed by atoms with Gasteiger partial charge in [-0.05, 0) is 45.2 Å². The molecule has 5 heteroatoms. The van der Waals surface area contributed by atoms with Gasteiger partial charge >= 0.3 is 0 Å². The van der Waals surface area contributed by atoms with Gasteiger partial charge in [0.2, 0.25) is 11.7 Å². The summed E-state index contributed by atoms with van der Waals surface area (Å²) in [4.78, 5) is 4.44. The van der Waals surface area contributed by atoms with E-state index in [1.54, 1.807) is 0 Å². The lowest BCUT2D eigenvalue weighted by Crippen LogP contribution is -2.09. The summed E-state index contributed by atoms with van der Waals surface area (Å²) in [7, 11) is 0. The van der Waals surface area contributed by atoms with Gasteiger partial charge in [-0.25, -0.2) is 0 Å². The van der Waals surface area contributed by atoms with Crippen LogP contribution in [0.2, 0.25) is 0 Å². The number of ether oxygens (including phenoxy) is 1. The zero-order valence-corrected chi connectivity index (χ0v) is 11.3. The monoisotopic (exact) mass is 253 g/mol. The van der Waals surface area contributed by atoms with Crippen LogP contribution in [-0.4, -0.2) is 29.8 Å². The van der Waals surface area contributed by atoms with Crippen molar-refractivity contribution in [2.75, 3.05) is 19.7 Å². The van der Waals surface area contributed by atoms with E-state index in [4.69, 9.17) is 9.26 Å². The van der Waals surface area contributed by atoms with Crippen molar-refractivity contribution in [2.24, 2.45) is 5.92 Å². The normalized spacial score (nSPS) is 21.3. The van der Waals surface area contributed by atoms with Crippen molar-refractivity contribution in [2.45, 2.75) is 45.6 Å². The van der Waals surface area contributed by atoms with Crippen molar-refractivity contribution in [3.8, 4) is 0 Å². The molecule has 102 valence electrons. The molecule has 0 spiro atoms. The van der Waals surface area contributed by atoms with Crippen LogP contribution in [-0.2, 0) is 11.2 Å².